The van der Waals surface area contributed by atoms with E-state index in [9.17, 15) is 4.79 Å². The largest absolute Gasteiger partial charge is 0.356 e. The molecular formula is C10H13ClO2Si. The molecule has 1 aromatic rings. The molecule has 76 valence electrons. The monoisotopic (exact) mass is 228 g/mol. The molecule has 0 aromatic heterocycles. The van der Waals surface area contributed by atoms with Gasteiger partial charge in [-0.05, 0) is 11.3 Å². The van der Waals surface area contributed by atoms with Crippen LogP contribution in [0.5, 0.6) is 0 Å². The fraction of sp³-hybridized carbons (Fsp3) is 0.300. The molecule has 0 unspecified atom stereocenters. The summed E-state index contributed by atoms with van der Waals surface area (Å²) < 4.78 is 4.23. The first-order valence-electron chi connectivity index (χ1n) is 4.39. The first-order chi connectivity index (χ1) is 6.46. The molecule has 4 heteroatoms. The number of benzene rings is 1. The Labute approximate surface area is 90.0 Å². The highest BCUT2D eigenvalue weighted by molar-refractivity contribution is 6.89. The summed E-state index contributed by atoms with van der Waals surface area (Å²) >= 11 is 5.07. The van der Waals surface area contributed by atoms with Crippen molar-refractivity contribution in [3.8, 4) is 0 Å². The quantitative estimate of drug-likeness (QED) is 0.728. The van der Waals surface area contributed by atoms with E-state index in [2.05, 4.69) is 23.9 Å². The summed E-state index contributed by atoms with van der Waals surface area (Å²) in [5.41, 5.74) is 0.585. The topological polar surface area (TPSA) is 26.3 Å². The molecule has 0 spiro atoms. The first kappa shape index (κ1) is 11.3. The van der Waals surface area contributed by atoms with E-state index in [1.165, 1.54) is 0 Å². The molecule has 0 amide bonds. The van der Waals surface area contributed by atoms with Gasteiger partial charge in [-0.2, -0.15) is 0 Å². The Morgan fingerprint density at radius 1 is 1.29 bits per heavy atom. The number of hydrogen-bond donors (Lipinski definition) is 0. The zero-order valence-corrected chi connectivity index (χ0v) is 10.3. The molecule has 0 heterocycles. The van der Waals surface area contributed by atoms with Crippen LogP contribution >= 0.6 is 11.9 Å². The van der Waals surface area contributed by atoms with Gasteiger partial charge in [-0.1, -0.05) is 37.8 Å². The molecule has 2 nitrogen and oxygen atoms in total. The summed E-state index contributed by atoms with van der Waals surface area (Å²) in [5, 5.41) is 1.07. The summed E-state index contributed by atoms with van der Waals surface area (Å²) in [6, 6.07) is 7.46. The van der Waals surface area contributed by atoms with E-state index in [4.69, 9.17) is 11.9 Å². The van der Waals surface area contributed by atoms with Crippen LogP contribution in [0, 0.1) is 0 Å². The first-order valence-corrected chi connectivity index (χ1v) is 8.20. The molecule has 0 aliphatic carbocycles. The lowest BCUT2D eigenvalue weighted by molar-refractivity contribution is 0.0752. The van der Waals surface area contributed by atoms with Gasteiger partial charge in [0.1, 0.15) is 11.9 Å². The van der Waals surface area contributed by atoms with Crippen LogP contribution in [0.1, 0.15) is 10.4 Å². The fourth-order valence-electron chi connectivity index (χ4n) is 1.36. The molecule has 0 aliphatic rings. The van der Waals surface area contributed by atoms with Crippen molar-refractivity contribution in [2.75, 3.05) is 0 Å². The van der Waals surface area contributed by atoms with Gasteiger partial charge >= 0.3 is 5.97 Å². The van der Waals surface area contributed by atoms with Gasteiger partial charge in [0.25, 0.3) is 0 Å². The van der Waals surface area contributed by atoms with Crippen molar-refractivity contribution in [1.29, 1.82) is 0 Å². The summed E-state index contributed by atoms with van der Waals surface area (Å²) in [5.74, 6) is -0.468. The SMILES string of the molecule is C[Si](C)(C)c1ccccc1C(=O)OCl. The second-order valence-electron chi connectivity index (χ2n) is 4.16. The van der Waals surface area contributed by atoms with E-state index in [0.29, 0.717) is 5.56 Å². The lowest BCUT2D eigenvalue weighted by atomic mass is 10.2. The van der Waals surface area contributed by atoms with Crippen LogP contribution in [-0.4, -0.2) is 14.0 Å². The zero-order valence-electron chi connectivity index (χ0n) is 8.50. The van der Waals surface area contributed by atoms with Gasteiger partial charge in [0.05, 0.1) is 13.6 Å². The minimum absolute atomic E-state index is 0.468. The molecule has 0 bridgehead atoms. The minimum Gasteiger partial charge on any atom is -0.343 e. The van der Waals surface area contributed by atoms with Crippen LogP contribution in [0.3, 0.4) is 0 Å². The van der Waals surface area contributed by atoms with Crippen LogP contribution in [0.15, 0.2) is 24.3 Å². The van der Waals surface area contributed by atoms with Crippen molar-refractivity contribution in [2.45, 2.75) is 19.6 Å². The number of carbonyl (C=O) groups excluding carboxylic acids is 1. The van der Waals surface area contributed by atoms with Gasteiger partial charge in [0.2, 0.25) is 0 Å². The van der Waals surface area contributed by atoms with Crippen LogP contribution in [0.25, 0.3) is 0 Å². The van der Waals surface area contributed by atoms with E-state index < -0.39 is 14.0 Å². The zero-order chi connectivity index (χ0) is 10.8. The number of hydrogen-bond acceptors (Lipinski definition) is 2. The average Bonchev–Trinajstić information content (AvgIpc) is 2.15. The minimum atomic E-state index is -1.52. The molecule has 0 saturated heterocycles. The molecule has 0 radical (unpaired) electrons. The van der Waals surface area contributed by atoms with Crippen molar-refractivity contribution in [3.05, 3.63) is 29.8 Å². The Kier molecular flexibility index (Phi) is 3.34. The van der Waals surface area contributed by atoms with Crippen molar-refractivity contribution >= 4 is 31.1 Å². The normalized spacial score (nSPS) is 11.1. The summed E-state index contributed by atoms with van der Waals surface area (Å²) in [4.78, 5) is 11.3. The van der Waals surface area contributed by atoms with Crippen LogP contribution in [0.4, 0.5) is 0 Å². The van der Waals surface area contributed by atoms with Gasteiger partial charge < -0.3 is 4.29 Å². The molecule has 0 N–H and O–H groups in total. The van der Waals surface area contributed by atoms with Crippen molar-refractivity contribution in [3.63, 3.8) is 0 Å². The Morgan fingerprint density at radius 3 is 2.36 bits per heavy atom. The van der Waals surface area contributed by atoms with Gasteiger partial charge in [0.15, 0.2) is 0 Å². The lowest BCUT2D eigenvalue weighted by Crippen LogP contribution is -2.41. The Balaban J connectivity index is 3.23. The Bertz CT molecular complexity index is 344. The highest BCUT2D eigenvalue weighted by Crippen LogP contribution is 2.09. The highest BCUT2D eigenvalue weighted by atomic mass is 35.5. The van der Waals surface area contributed by atoms with E-state index in [1.807, 2.05) is 18.2 Å². The van der Waals surface area contributed by atoms with Crippen LogP contribution in [-0.2, 0) is 4.29 Å². The fourth-order valence-corrected chi connectivity index (χ4v) is 3.03. The summed E-state index contributed by atoms with van der Waals surface area (Å²) in [6.07, 6.45) is 0. The van der Waals surface area contributed by atoms with Crippen molar-refractivity contribution < 1.29 is 9.08 Å². The predicted molar refractivity (Wildman–Crippen MR) is 60.7 cm³/mol. The highest BCUT2D eigenvalue weighted by Gasteiger charge is 2.23. The molecule has 1 aromatic carbocycles. The third-order valence-electron chi connectivity index (χ3n) is 2.03. The standard InChI is InChI=1S/C10H13ClO2Si/c1-14(2,3)9-7-5-4-6-8(9)10(12)13-11/h4-7H,1-3H3. The number of rotatable bonds is 2. The molecular weight excluding hydrogens is 216 g/mol. The molecule has 0 aliphatic heterocycles. The number of halogens is 1. The molecule has 0 saturated carbocycles. The summed E-state index contributed by atoms with van der Waals surface area (Å²) in [6.45, 7) is 6.52. The Morgan fingerprint density at radius 2 is 1.86 bits per heavy atom. The summed E-state index contributed by atoms with van der Waals surface area (Å²) in [7, 11) is -1.52. The van der Waals surface area contributed by atoms with Gasteiger partial charge in [-0.3, -0.25) is 0 Å². The Hall–Kier alpha value is -0.803. The van der Waals surface area contributed by atoms with E-state index >= 15 is 0 Å². The second-order valence-corrected chi connectivity index (χ2v) is 9.35. The van der Waals surface area contributed by atoms with Crippen LogP contribution in [0.2, 0.25) is 19.6 Å². The lowest BCUT2D eigenvalue weighted by Gasteiger charge is -2.18. The smallest absolute Gasteiger partial charge is 0.343 e. The van der Waals surface area contributed by atoms with E-state index in [0.717, 1.165) is 5.19 Å². The molecule has 0 atom stereocenters. The second kappa shape index (κ2) is 4.15. The van der Waals surface area contributed by atoms with Crippen molar-refractivity contribution in [2.24, 2.45) is 0 Å². The predicted octanol–water partition coefficient (Wildman–Crippen LogP) is 2.54. The average molecular weight is 229 g/mol. The van der Waals surface area contributed by atoms with Crippen LogP contribution < -0.4 is 5.19 Å². The van der Waals surface area contributed by atoms with Crippen molar-refractivity contribution in [1.82, 2.24) is 0 Å². The van der Waals surface area contributed by atoms with Gasteiger partial charge in [-0.15, -0.1) is 0 Å². The molecule has 0 fully saturated rings. The maximum absolute atomic E-state index is 11.3. The van der Waals surface area contributed by atoms with E-state index in [-0.39, 0.29) is 0 Å². The maximum Gasteiger partial charge on any atom is 0.356 e. The number of carbonyl (C=O) groups is 1. The molecule has 1 rings (SSSR count). The third-order valence-corrected chi connectivity index (χ3v) is 4.22. The third kappa shape index (κ3) is 2.36. The van der Waals surface area contributed by atoms with Gasteiger partial charge in [0, 0.05) is 0 Å². The maximum atomic E-state index is 11.3. The van der Waals surface area contributed by atoms with Gasteiger partial charge in [-0.25, -0.2) is 4.79 Å². The molecule has 14 heavy (non-hydrogen) atoms. The van der Waals surface area contributed by atoms with E-state index in [1.54, 1.807) is 6.07 Å².